The number of hydrogen-bond acceptors (Lipinski definition) is 3. The zero-order valence-corrected chi connectivity index (χ0v) is 10.8. The monoisotopic (exact) mass is 253 g/mol. The topological polar surface area (TPSA) is 39.9 Å². The molecule has 2 aromatic rings. The molecular weight excluding hydrogens is 238 g/mol. The van der Waals surface area contributed by atoms with Crippen molar-refractivity contribution in [3.63, 3.8) is 0 Å². The van der Waals surface area contributed by atoms with Gasteiger partial charge in [-0.1, -0.05) is 0 Å². The first-order valence-electron chi connectivity index (χ1n) is 5.68. The number of hydrogen-bond donors (Lipinski definition) is 0. The molecule has 2 aromatic heterocycles. The number of alkyl halides is 1. The quantitative estimate of drug-likeness (QED) is 0.608. The summed E-state index contributed by atoms with van der Waals surface area (Å²) in [5.41, 5.74) is 1.79. The summed E-state index contributed by atoms with van der Waals surface area (Å²) in [6.07, 6.45) is 2.70. The average molecular weight is 254 g/mol. The highest BCUT2D eigenvalue weighted by Crippen LogP contribution is 2.23. The Hall–Kier alpha value is -1.13. The summed E-state index contributed by atoms with van der Waals surface area (Å²) in [7, 11) is 1.70. The fraction of sp³-hybridized carbons (Fsp3) is 0.500. The summed E-state index contributed by atoms with van der Waals surface area (Å²) < 4.78 is 7.14. The highest BCUT2D eigenvalue weighted by Gasteiger charge is 2.14. The highest BCUT2D eigenvalue weighted by atomic mass is 35.5. The van der Waals surface area contributed by atoms with Gasteiger partial charge in [0.05, 0.1) is 5.38 Å². The van der Waals surface area contributed by atoms with Crippen LogP contribution in [0.5, 0.6) is 0 Å². The molecule has 2 rings (SSSR count). The summed E-state index contributed by atoms with van der Waals surface area (Å²) in [5.74, 6) is 0.872. The van der Waals surface area contributed by atoms with Gasteiger partial charge in [-0.05, 0) is 25.5 Å². The van der Waals surface area contributed by atoms with E-state index in [0.717, 1.165) is 36.6 Å². The minimum absolute atomic E-state index is 0.119. The second-order valence-corrected chi connectivity index (χ2v) is 4.58. The van der Waals surface area contributed by atoms with Crippen molar-refractivity contribution >= 4 is 22.8 Å². The van der Waals surface area contributed by atoms with E-state index < -0.39 is 0 Å². The van der Waals surface area contributed by atoms with Crippen LogP contribution in [0.1, 0.15) is 24.5 Å². The summed E-state index contributed by atoms with van der Waals surface area (Å²) in [5, 5.41) is -0.119. The molecule has 0 saturated heterocycles. The molecule has 0 saturated carbocycles. The average Bonchev–Trinajstić information content (AvgIpc) is 2.69. The first kappa shape index (κ1) is 12.3. The van der Waals surface area contributed by atoms with E-state index in [1.165, 1.54) is 0 Å². The van der Waals surface area contributed by atoms with Gasteiger partial charge in [-0.3, -0.25) is 0 Å². The molecule has 1 atom stereocenters. The number of nitrogens with zero attached hydrogens (tertiary/aromatic N) is 3. The molecule has 2 heterocycles. The molecule has 0 aliphatic heterocycles. The molecule has 0 aliphatic rings. The lowest BCUT2D eigenvalue weighted by molar-refractivity contribution is 0.190. The fourth-order valence-corrected chi connectivity index (χ4v) is 2.03. The number of aromatic nitrogens is 3. The normalized spacial score (nSPS) is 13.1. The lowest BCUT2D eigenvalue weighted by atomic mass is 10.4. The van der Waals surface area contributed by atoms with E-state index in [2.05, 4.69) is 14.5 Å². The smallest absolute Gasteiger partial charge is 0.160 e. The van der Waals surface area contributed by atoms with Crippen LogP contribution in [0.15, 0.2) is 18.3 Å². The third-order valence-corrected chi connectivity index (χ3v) is 2.81. The maximum atomic E-state index is 6.15. The van der Waals surface area contributed by atoms with Gasteiger partial charge in [0.1, 0.15) is 11.3 Å². The van der Waals surface area contributed by atoms with Gasteiger partial charge in [0.25, 0.3) is 0 Å². The summed E-state index contributed by atoms with van der Waals surface area (Å²) in [4.78, 5) is 8.88. The van der Waals surface area contributed by atoms with Crippen molar-refractivity contribution in [2.75, 3.05) is 13.7 Å². The predicted octanol–water partition coefficient (Wildman–Crippen LogP) is 2.77. The van der Waals surface area contributed by atoms with Crippen molar-refractivity contribution in [2.24, 2.45) is 0 Å². The Balaban J connectivity index is 2.37. The Morgan fingerprint density at radius 2 is 2.35 bits per heavy atom. The van der Waals surface area contributed by atoms with Crippen LogP contribution in [-0.2, 0) is 11.3 Å². The second-order valence-electron chi connectivity index (χ2n) is 3.93. The van der Waals surface area contributed by atoms with Crippen LogP contribution in [0.3, 0.4) is 0 Å². The first-order valence-corrected chi connectivity index (χ1v) is 6.12. The molecule has 17 heavy (non-hydrogen) atoms. The van der Waals surface area contributed by atoms with Crippen LogP contribution in [-0.4, -0.2) is 28.3 Å². The van der Waals surface area contributed by atoms with E-state index in [9.17, 15) is 0 Å². The molecule has 92 valence electrons. The Kier molecular flexibility index (Phi) is 3.97. The van der Waals surface area contributed by atoms with Crippen molar-refractivity contribution < 1.29 is 4.74 Å². The Bertz CT molecular complexity index is 495. The van der Waals surface area contributed by atoms with Gasteiger partial charge in [0.15, 0.2) is 5.65 Å². The van der Waals surface area contributed by atoms with E-state index in [1.807, 2.05) is 19.1 Å². The number of fused-ring (bicyclic) bond motifs is 1. The lowest BCUT2D eigenvalue weighted by Crippen LogP contribution is -2.07. The third-order valence-electron chi connectivity index (χ3n) is 2.62. The summed E-state index contributed by atoms with van der Waals surface area (Å²) in [6, 6.07) is 3.84. The molecule has 0 fully saturated rings. The lowest BCUT2D eigenvalue weighted by Gasteiger charge is -2.09. The van der Waals surface area contributed by atoms with E-state index >= 15 is 0 Å². The molecule has 0 bridgehead atoms. The number of aryl methyl sites for hydroxylation is 1. The molecule has 4 nitrogen and oxygen atoms in total. The Morgan fingerprint density at radius 3 is 3.06 bits per heavy atom. The second kappa shape index (κ2) is 5.47. The van der Waals surface area contributed by atoms with E-state index in [-0.39, 0.29) is 5.38 Å². The molecular formula is C12H16ClN3O. The summed E-state index contributed by atoms with van der Waals surface area (Å²) in [6.45, 7) is 3.48. The van der Waals surface area contributed by atoms with Crippen LogP contribution in [0, 0.1) is 0 Å². The Labute approximate surface area is 106 Å². The van der Waals surface area contributed by atoms with Gasteiger partial charge in [-0.15, -0.1) is 11.6 Å². The maximum Gasteiger partial charge on any atom is 0.160 e. The molecule has 0 radical (unpaired) electrons. The largest absolute Gasteiger partial charge is 0.385 e. The Morgan fingerprint density at radius 1 is 1.53 bits per heavy atom. The number of pyridine rings is 1. The van der Waals surface area contributed by atoms with Gasteiger partial charge >= 0.3 is 0 Å². The molecule has 0 amide bonds. The maximum absolute atomic E-state index is 6.15. The highest BCUT2D eigenvalue weighted by molar-refractivity contribution is 6.20. The molecule has 0 aliphatic carbocycles. The minimum atomic E-state index is -0.119. The number of halogens is 1. The van der Waals surface area contributed by atoms with Crippen molar-refractivity contribution in [1.29, 1.82) is 0 Å². The summed E-state index contributed by atoms with van der Waals surface area (Å²) >= 11 is 6.15. The van der Waals surface area contributed by atoms with Crippen LogP contribution >= 0.6 is 11.6 Å². The van der Waals surface area contributed by atoms with Gasteiger partial charge in [-0.25, -0.2) is 9.97 Å². The van der Waals surface area contributed by atoms with Crippen molar-refractivity contribution in [3.05, 3.63) is 24.2 Å². The van der Waals surface area contributed by atoms with Crippen LogP contribution in [0.2, 0.25) is 0 Å². The van der Waals surface area contributed by atoms with Gasteiger partial charge in [0.2, 0.25) is 0 Å². The van der Waals surface area contributed by atoms with Crippen molar-refractivity contribution in [1.82, 2.24) is 14.5 Å². The van der Waals surface area contributed by atoms with Gasteiger partial charge in [-0.2, -0.15) is 0 Å². The molecule has 0 aromatic carbocycles. The third kappa shape index (κ3) is 2.58. The molecule has 0 N–H and O–H groups in total. The number of imidazole rings is 1. The number of ether oxygens (including phenoxy) is 1. The standard InChI is InChI=1S/C12H16ClN3O/c1-9(13)11-15-10-5-3-6-14-12(10)16(11)7-4-8-17-2/h3,5-6,9H,4,7-8H2,1-2H3. The molecule has 5 heteroatoms. The van der Waals surface area contributed by atoms with Gasteiger partial charge in [0, 0.05) is 26.5 Å². The van der Waals surface area contributed by atoms with Crippen molar-refractivity contribution in [3.8, 4) is 0 Å². The van der Waals surface area contributed by atoms with Crippen LogP contribution in [0.25, 0.3) is 11.2 Å². The number of methoxy groups -OCH3 is 1. The fourth-order valence-electron chi connectivity index (χ4n) is 1.87. The van der Waals surface area contributed by atoms with E-state index in [4.69, 9.17) is 16.3 Å². The van der Waals surface area contributed by atoms with Gasteiger partial charge < -0.3 is 9.30 Å². The first-order chi connectivity index (χ1) is 8.24. The number of rotatable bonds is 5. The van der Waals surface area contributed by atoms with E-state index in [0.29, 0.717) is 0 Å². The predicted molar refractivity (Wildman–Crippen MR) is 68.3 cm³/mol. The minimum Gasteiger partial charge on any atom is -0.385 e. The SMILES string of the molecule is COCCCn1c(C(C)Cl)nc2cccnc21. The zero-order chi connectivity index (χ0) is 12.3. The zero-order valence-electron chi connectivity index (χ0n) is 10.1. The van der Waals surface area contributed by atoms with Crippen LogP contribution < -0.4 is 0 Å². The molecule has 1 unspecified atom stereocenters. The van der Waals surface area contributed by atoms with Crippen LogP contribution in [0.4, 0.5) is 0 Å². The van der Waals surface area contributed by atoms with E-state index in [1.54, 1.807) is 13.3 Å². The van der Waals surface area contributed by atoms with Crippen molar-refractivity contribution in [2.45, 2.75) is 25.3 Å². The molecule has 0 spiro atoms.